The van der Waals surface area contributed by atoms with Gasteiger partial charge < -0.3 is 20.3 Å². The highest BCUT2D eigenvalue weighted by atomic mass is 16.5. The van der Waals surface area contributed by atoms with Crippen LogP contribution in [0.3, 0.4) is 0 Å². The number of anilines is 2. The van der Waals surface area contributed by atoms with E-state index in [0.29, 0.717) is 35.8 Å². The molecule has 7 heteroatoms. The largest absolute Gasteiger partial charge is 0.495 e. The van der Waals surface area contributed by atoms with Crippen LogP contribution in [0.5, 0.6) is 5.75 Å². The van der Waals surface area contributed by atoms with Gasteiger partial charge in [-0.2, -0.15) is 0 Å². The van der Waals surface area contributed by atoms with Crippen LogP contribution < -0.4 is 15.4 Å². The maximum atomic E-state index is 12.8. The van der Waals surface area contributed by atoms with E-state index in [9.17, 15) is 14.4 Å². The molecule has 0 bridgehead atoms. The van der Waals surface area contributed by atoms with Gasteiger partial charge in [-0.1, -0.05) is 17.7 Å². The topological polar surface area (TPSA) is 87.7 Å². The molecule has 1 aliphatic rings. The van der Waals surface area contributed by atoms with Gasteiger partial charge in [0.25, 0.3) is 5.91 Å². The number of piperidine rings is 1. The van der Waals surface area contributed by atoms with Gasteiger partial charge in [-0.3, -0.25) is 14.4 Å². The SMILES string of the molecule is COc1ccc(NC(=O)C2CCCN(C(=O)c3ccc(C)cc3)C2)cc1NC(C)=O. The van der Waals surface area contributed by atoms with E-state index < -0.39 is 0 Å². The molecule has 1 saturated heterocycles. The Balaban J connectivity index is 1.67. The summed E-state index contributed by atoms with van der Waals surface area (Å²) in [5.74, 6) is -0.204. The smallest absolute Gasteiger partial charge is 0.253 e. The molecule has 1 heterocycles. The molecule has 0 spiro atoms. The Morgan fingerprint density at radius 1 is 1.07 bits per heavy atom. The first kappa shape index (κ1) is 21.4. The van der Waals surface area contributed by atoms with Crippen molar-refractivity contribution in [2.45, 2.75) is 26.7 Å². The quantitative estimate of drug-likeness (QED) is 0.792. The minimum absolute atomic E-state index is 0.0510. The molecule has 1 fully saturated rings. The van der Waals surface area contributed by atoms with Crippen molar-refractivity contribution in [1.82, 2.24) is 4.90 Å². The highest BCUT2D eigenvalue weighted by molar-refractivity contribution is 5.97. The van der Waals surface area contributed by atoms with Crippen molar-refractivity contribution in [2.24, 2.45) is 5.92 Å². The molecule has 0 aliphatic carbocycles. The Morgan fingerprint density at radius 3 is 2.47 bits per heavy atom. The van der Waals surface area contributed by atoms with Crippen molar-refractivity contribution in [1.29, 1.82) is 0 Å². The van der Waals surface area contributed by atoms with Crippen molar-refractivity contribution in [2.75, 3.05) is 30.8 Å². The van der Waals surface area contributed by atoms with Crippen LogP contribution in [0, 0.1) is 12.8 Å². The monoisotopic (exact) mass is 409 g/mol. The van der Waals surface area contributed by atoms with Crippen LogP contribution >= 0.6 is 0 Å². The molecule has 3 amide bonds. The first-order valence-corrected chi connectivity index (χ1v) is 10.00. The maximum absolute atomic E-state index is 12.8. The van der Waals surface area contributed by atoms with Crippen LogP contribution in [0.25, 0.3) is 0 Å². The summed E-state index contributed by atoms with van der Waals surface area (Å²) in [4.78, 5) is 38.8. The highest BCUT2D eigenvalue weighted by Crippen LogP contribution is 2.28. The van der Waals surface area contributed by atoms with E-state index in [4.69, 9.17) is 4.74 Å². The predicted octanol–water partition coefficient (Wildman–Crippen LogP) is 3.45. The first-order valence-electron chi connectivity index (χ1n) is 10.00. The number of nitrogens with one attached hydrogen (secondary N) is 2. The molecular weight excluding hydrogens is 382 g/mol. The third-order valence-corrected chi connectivity index (χ3v) is 5.16. The lowest BCUT2D eigenvalue weighted by atomic mass is 9.96. The minimum Gasteiger partial charge on any atom is -0.495 e. The van der Waals surface area contributed by atoms with Crippen LogP contribution in [-0.4, -0.2) is 42.8 Å². The zero-order valence-corrected chi connectivity index (χ0v) is 17.5. The van der Waals surface area contributed by atoms with Crippen molar-refractivity contribution in [3.63, 3.8) is 0 Å². The van der Waals surface area contributed by atoms with Crippen LogP contribution in [0.4, 0.5) is 11.4 Å². The number of nitrogens with zero attached hydrogens (tertiary/aromatic N) is 1. The van der Waals surface area contributed by atoms with Crippen LogP contribution in [-0.2, 0) is 9.59 Å². The van der Waals surface area contributed by atoms with Gasteiger partial charge in [0.05, 0.1) is 18.7 Å². The highest BCUT2D eigenvalue weighted by Gasteiger charge is 2.29. The van der Waals surface area contributed by atoms with Crippen molar-refractivity contribution < 1.29 is 19.1 Å². The molecule has 1 atom stereocenters. The van der Waals surface area contributed by atoms with Gasteiger partial charge in [0.15, 0.2) is 0 Å². The van der Waals surface area contributed by atoms with E-state index in [-0.39, 0.29) is 23.6 Å². The minimum atomic E-state index is -0.292. The number of likely N-dealkylation sites (tertiary alicyclic amines) is 1. The zero-order chi connectivity index (χ0) is 21.7. The summed E-state index contributed by atoms with van der Waals surface area (Å²) in [5, 5.41) is 5.59. The number of benzene rings is 2. The summed E-state index contributed by atoms with van der Waals surface area (Å²) < 4.78 is 5.24. The number of hydrogen-bond acceptors (Lipinski definition) is 4. The fourth-order valence-corrected chi connectivity index (χ4v) is 3.57. The molecule has 2 aromatic carbocycles. The molecule has 30 heavy (non-hydrogen) atoms. The van der Waals surface area contributed by atoms with Gasteiger partial charge in [-0.15, -0.1) is 0 Å². The van der Waals surface area contributed by atoms with E-state index in [1.807, 2.05) is 31.2 Å². The Hall–Kier alpha value is -3.35. The van der Waals surface area contributed by atoms with Crippen LogP contribution in [0.2, 0.25) is 0 Å². The van der Waals surface area contributed by atoms with E-state index in [0.717, 1.165) is 18.4 Å². The molecule has 7 nitrogen and oxygen atoms in total. The van der Waals surface area contributed by atoms with E-state index >= 15 is 0 Å². The number of carbonyl (C=O) groups is 3. The Kier molecular flexibility index (Phi) is 6.72. The summed E-state index contributed by atoms with van der Waals surface area (Å²) >= 11 is 0. The van der Waals surface area contributed by atoms with Crippen molar-refractivity contribution in [3.05, 3.63) is 53.6 Å². The standard InChI is InChI=1S/C23H27N3O4/c1-15-6-8-17(9-7-15)23(29)26-12-4-5-18(14-26)22(28)25-19-10-11-21(30-3)20(13-19)24-16(2)27/h6-11,13,18H,4-5,12,14H2,1-3H3,(H,24,27)(H,25,28). The molecule has 0 saturated carbocycles. The summed E-state index contributed by atoms with van der Waals surface area (Å²) in [6.07, 6.45) is 1.49. The summed E-state index contributed by atoms with van der Waals surface area (Å²) in [5.41, 5.74) is 2.78. The van der Waals surface area contributed by atoms with Gasteiger partial charge in [0, 0.05) is 31.3 Å². The van der Waals surface area contributed by atoms with E-state index in [2.05, 4.69) is 10.6 Å². The molecule has 0 radical (unpaired) electrons. The Bertz CT molecular complexity index is 940. The van der Waals surface area contributed by atoms with Gasteiger partial charge >= 0.3 is 0 Å². The predicted molar refractivity (Wildman–Crippen MR) is 116 cm³/mol. The molecule has 3 rings (SSSR count). The second kappa shape index (κ2) is 9.43. The summed E-state index contributed by atoms with van der Waals surface area (Å²) in [6, 6.07) is 12.5. The molecular formula is C23H27N3O4. The van der Waals surface area contributed by atoms with Crippen LogP contribution in [0.15, 0.2) is 42.5 Å². The molecule has 2 aromatic rings. The second-order valence-electron chi connectivity index (χ2n) is 7.54. The third kappa shape index (κ3) is 5.17. The molecule has 1 unspecified atom stereocenters. The number of aryl methyl sites for hydroxylation is 1. The number of hydrogen-bond donors (Lipinski definition) is 2. The van der Waals surface area contributed by atoms with E-state index in [1.54, 1.807) is 23.1 Å². The third-order valence-electron chi connectivity index (χ3n) is 5.16. The van der Waals surface area contributed by atoms with Gasteiger partial charge in [-0.05, 0) is 50.1 Å². The first-order chi connectivity index (χ1) is 14.4. The lowest BCUT2D eigenvalue weighted by molar-refractivity contribution is -0.121. The van der Waals surface area contributed by atoms with Crippen molar-refractivity contribution in [3.8, 4) is 5.75 Å². The molecule has 158 valence electrons. The number of rotatable bonds is 5. The number of carbonyl (C=O) groups excluding carboxylic acids is 3. The molecule has 0 aromatic heterocycles. The Morgan fingerprint density at radius 2 is 1.80 bits per heavy atom. The van der Waals surface area contributed by atoms with Crippen molar-refractivity contribution >= 4 is 29.1 Å². The number of amides is 3. The average Bonchev–Trinajstić information content (AvgIpc) is 2.73. The Labute approximate surface area is 176 Å². The summed E-state index contributed by atoms with van der Waals surface area (Å²) in [6.45, 7) is 4.41. The van der Waals surface area contributed by atoms with Gasteiger partial charge in [0.2, 0.25) is 11.8 Å². The molecule has 1 aliphatic heterocycles. The van der Waals surface area contributed by atoms with Gasteiger partial charge in [-0.25, -0.2) is 0 Å². The van der Waals surface area contributed by atoms with E-state index in [1.165, 1.54) is 14.0 Å². The fraction of sp³-hybridized carbons (Fsp3) is 0.348. The molecule has 2 N–H and O–H groups in total. The second-order valence-corrected chi connectivity index (χ2v) is 7.54. The fourth-order valence-electron chi connectivity index (χ4n) is 3.57. The lowest BCUT2D eigenvalue weighted by Gasteiger charge is -2.32. The lowest BCUT2D eigenvalue weighted by Crippen LogP contribution is -2.43. The number of ether oxygens (including phenoxy) is 1. The normalized spacial score (nSPS) is 16.0. The van der Waals surface area contributed by atoms with Crippen LogP contribution in [0.1, 0.15) is 35.7 Å². The average molecular weight is 409 g/mol. The maximum Gasteiger partial charge on any atom is 0.253 e. The number of methoxy groups -OCH3 is 1. The summed E-state index contributed by atoms with van der Waals surface area (Å²) in [7, 11) is 1.51. The zero-order valence-electron chi connectivity index (χ0n) is 17.5. The van der Waals surface area contributed by atoms with Gasteiger partial charge in [0.1, 0.15) is 5.75 Å².